The van der Waals surface area contributed by atoms with Crippen molar-refractivity contribution in [3.05, 3.63) is 29.8 Å². The maximum atomic E-state index is 12.5. The molecule has 0 radical (unpaired) electrons. The number of amides is 1. The Morgan fingerprint density at radius 1 is 1.26 bits per heavy atom. The summed E-state index contributed by atoms with van der Waals surface area (Å²) < 4.78 is 42.5. The van der Waals surface area contributed by atoms with E-state index in [1.807, 2.05) is 0 Å². The van der Waals surface area contributed by atoms with Gasteiger partial charge in [-0.05, 0) is 18.2 Å². The van der Waals surface area contributed by atoms with E-state index in [0.29, 0.717) is 26.2 Å². The molecule has 0 aromatic heterocycles. The molecule has 1 amide bonds. The van der Waals surface area contributed by atoms with Crippen LogP contribution in [0.25, 0.3) is 0 Å². The normalized spacial score (nSPS) is 16.3. The zero-order valence-electron chi connectivity index (χ0n) is 10.0. The minimum absolute atomic E-state index is 0.0987. The lowest BCUT2D eigenvalue weighted by molar-refractivity contribution is -0.137. The van der Waals surface area contributed by atoms with Crippen LogP contribution < -0.4 is 10.1 Å². The Labute approximate surface area is 108 Å². The van der Waals surface area contributed by atoms with E-state index in [0.717, 1.165) is 12.1 Å². The number of alkyl halides is 3. The van der Waals surface area contributed by atoms with Gasteiger partial charge in [-0.15, -0.1) is 0 Å². The van der Waals surface area contributed by atoms with E-state index in [4.69, 9.17) is 4.74 Å². The van der Waals surface area contributed by atoms with Gasteiger partial charge in [0.15, 0.2) is 0 Å². The quantitative estimate of drug-likeness (QED) is 0.852. The number of benzene rings is 1. The van der Waals surface area contributed by atoms with Crippen molar-refractivity contribution in [3.63, 3.8) is 0 Å². The molecule has 19 heavy (non-hydrogen) atoms. The number of rotatable bonds is 1. The number of nitrogens with one attached hydrogen (secondary N) is 1. The van der Waals surface area contributed by atoms with E-state index < -0.39 is 17.8 Å². The summed E-state index contributed by atoms with van der Waals surface area (Å²) in [6.07, 6.45) is -5.07. The van der Waals surface area contributed by atoms with Gasteiger partial charge in [0.25, 0.3) is 0 Å². The molecule has 1 aliphatic heterocycles. The second kappa shape index (κ2) is 5.48. The molecule has 1 heterocycles. The third-order valence-electron chi connectivity index (χ3n) is 2.74. The number of ether oxygens (including phenoxy) is 1. The number of piperazine rings is 1. The second-order valence-corrected chi connectivity index (χ2v) is 4.13. The Morgan fingerprint density at radius 2 is 1.95 bits per heavy atom. The molecule has 1 N–H and O–H groups in total. The molecule has 0 spiro atoms. The topological polar surface area (TPSA) is 41.6 Å². The molecular formula is C12H13F3N2O2. The van der Waals surface area contributed by atoms with Crippen molar-refractivity contribution in [3.8, 4) is 5.75 Å². The van der Waals surface area contributed by atoms with Crippen LogP contribution in [0.3, 0.4) is 0 Å². The van der Waals surface area contributed by atoms with Crippen LogP contribution in [-0.4, -0.2) is 37.2 Å². The third-order valence-corrected chi connectivity index (χ3v) is 2.74. The van der Waals surface area contributed by atoms with Crippen LogP contribution in [-0.2, 0) is 6.18 Å². The third kappa shape index (κ3) is 3.60. The molecule has 0 atom stereocenters. The van der Waals surface area contributed by atoms with Crippen LogP contribution in [0.4, 0.5) is 18.0 Å². The summed E-state index contributed by atoms with van der Waals surface area (Å²) in [6.45, 7) is 2.27. The van der Waals surface area contributed by atoms with Crippen LogP contribution >= 0.6 is 0 Å². The second-order valence-electron chi connectivity index (χ2n) is 4.13. The van der Waals surface area contributed by atoms with Gasteiger partial charge in [-0.1, -0.05) is 6.07 Å². The highest BCUT2D eigenvalue weighted by Gasteiger charge is 2.31. The van der Waals surface area contributed by atoms with Gasteiger partial charge in [-0.3, -0.25) is 0 Å². The van der Waals surface area contributed by atoms with Crippen LogP contribution in [0.5, 0.6) is 5.75 Å². The average Bonchev–Trinajstić information content (AvgIpc) is 2.39. The maximum Gasteiger partial charge on any atom is 0.416 e. The number of hydrogen-bond donors (Lipinski definition) is 1. The smallest absolute Gasteiger partial charge is 0.410 e. The fourth-order valence-electron chi connectivity index (χ4n) is 1.75. The van der Waals surface area contributed by atoms with E-state index in [9.17, 15) is 18.0 Å². The van der Waals surface area contributed by atoms with Gasteiger partial charge in [0, 0.05) is 26.2 Å². The van der Waals surface area contributed by atoms with Gasteiger partial charge >= 0.3 is 12.3 Å². The molecule has 0 bridgehead atoms. The van der Waals surface area contributed by atoms with E-state index in [-0.39, 0.29) is 5.75 Å². The van der Waals surface area contributed by atoms with Crippen molar-refractivity contribution >= 4 is 6.09 Å². The van der Waals surface area contributed by atoms with Crippen molar-refractivity contribution in [1.29, 1.82) is 0 Å². The van der Waals surface area contributed by atoms with Crippen LogP contribution in [0.1, 0.15) is 5.56 Å². The molecule has 7 heteroatoms. The molecule has 104 valence electrons. The molecule has 1 aliphatic rings. The Kier molecular flexibility index (Phi) is 3.94. The van der Waals surface area contributed by atoms with Crippen molar-refractivity contribution in [1.82, 2.24) is 10.2 Å². The molecule has 0 saturated carbocycles. The predicted molar refractivity (Wildman–Crippen MR) is 61.9 cm³/mol. The summed E-state index contributed by atoms with van der Waals surface area (Å²) >= 11 is 0. The first-order valence-electron chi connectivity index (χ1n) is 5.81. The molecule has 0 unspecified atom stereocenters. The van der Waals surface area contributed by atoms with Gasteiger partial charge in [0.2, 0.25) is 0 Å². The minimum atomic E-state index is -4.45. The lowest BCUT2D eigenvalue weighted by Gasteiger charge is -2.26. The first-order chi connectivity index (χ1) is 8.97. The van der Waals surface area contributed by atoms with Crippen molar-refractivity contribution in [2.45, 2.75) is 6.18 Å². The van der Waals surface area contributed by atoms with Crippen LogP contribution in [0.2, 0.25) is 0 Å². The predicted octanol–water partition coefficient (Wildman–Crippen LogP) is 2.11. The van der Waals surface area contributed by atoms with Crippen molar-refractivity contribution in [2.75, 3.05) is 26.2 Å². The lowest BCUT2D eigenvalue weighted by atomic mass is 10.2. The van der Waals surface area contributed by atoms with Gasteiger partial charge in [-0.25, -0.2) is 4.79 Å². The molecule has 1 aromatic rings. The first kappa shape index (κ1) is 13.7. The highest BCUT2D eigenvalue weighted by molar-refractivity contribution is 5.70. The fraction of sp³-hybridized carbons (Fsp3) is 0.417. The average molecular weight is 274 g/mol. The molecule has 2 rings (SSSR count). The first-order valence-corrected chi connectivity index (χ1v) is 5.81. The lowest BCUT2D eigenvalue weighted by Crippen LogP contribution is -2.47. The van der Waals surface area contributed by atoms with Gasteiger partial charge < -0.3 is 15.0 Å². The Hall–Kier alpha value is -1.76. The zero-order chi connectivity index (χ0) is 13.9. The largest absolute Gasteiger partial charge is 0.416 e. The van der Waals surface area contributed by atoms with E-state index in [1.54, 1.807) is 0 Å². The summed E-state index contributed by atoms with van der Waals surface area (Å²) in [5.41, 5.74) is -0.835. The molecule has 1 aromatic carbocycles. The molecular weight excluding hydrogens is 261 g/mol. The Bertz CT molecular complexity index is 457. The SMILES string of the molecule is O=C(Oc1cccc(C(F)(F)F)c1)N1CCNCC1. The number of nitrogens with zero attached hydrogens (tertiary/aromatic N) is 1. The standard InChI is InChI=1S/C12H13F3N2O2/c13-12(14,15)9-2-1-3-10(8-9)19-11(18)17-6-4-16-5-7-17/h1-3,8,16H,4-7H2. The number of hydrogen-bond acceptors (Lipinski definition) is 3. The summed E-state index contributed by atoms with van der Waals surface area (Å²) in [5.74, 6) is -0.0987. The van der Waals surface area contributed by atoms with Gasteiger partial charge in [0.05, 0.1) is 5.56 Å². The number of carbonyl (C=O) groups is 1. The summed E-state index contributed by atoms with van der Waals surface area (Å²) in [7, 11) is 0. The van der Waals surface area contributed by atoms with Crippen LogP contribution in [0, 0.1) is 0 Å². The summed E-state index contributed by atoms with van der Waals surface area (Å²) in [5, 5.41) is 3.06. The maximum absolute atomic E-state index is 12.5. The fourth-order valence-corrected chi connectivity index (χ4v) is 1.75. The molecule has 1 saturated heterocycles. The Morgan fingerprint density at radius 3 is 2.58 bits per heavy atom. The highest BCUT2D eigenvalue weighted by atomic mass is 19.4. The monoisotopic (exact) mass is 274 g/mol. The van der Waals surface area contributed by atoms with Crippen LogP contribution in [0.15, 0.2) is 24.3 Å². The van der Waals surface area contributed by atoms with Gasteiger partial charge in [0.1, 0.15) is 5.75 Å². The summed E-state index contributed by atoms with van der Waals surface area (Å²) in [6, 6.07) is 4.29. The van der Waals surface area contributed by atoms with Gasteiger partial charge in [-0.2, -0.15) is 13.2 Å². The highest BCUT2D eigenvalue weighted by Crippen LogP contribution is 2.31. The van der Waals surface area contributed by atoms with E-state index in [1.165, 1.54) is 17.0 Å². The van der Waals surface area contributed by atoms with E-state index in [2.05, 4.69) is 5.32 Å². The number of halogens is 3. The zero-order valence-corrected chi connectivity index (χ0v) is 10.0. The van der Waals surface area contributed by atoms with Crippen molar-refractivity contribution < 1.29 is 22.7 Å². The number of carbonyl (C=O) groups excluding carboxylic acids is 1. The Balaban J connectivity index is 2.04. The summed E-state index contributed by atoms with van der Waals surface area (Å²) in [4.78, 5) is 13.2. The molecule has 4 nitrogen and oxygen atoms in total. The minimum Gasteiger partial charge on any atom is -0.410 e. The van der Waals surface area contributed by atoms with Crippen molar-refractivity contribution in [2.24, 2.45) is 0 Å². The molecule has 1 fully saturated rings. The van der Waals surface area contributed by atoms with E-state index >= 15 is 0 Å². The molecule has 0 aliphatic carbocycles.